The van der Waals surface area contributed by atoms with Gasteiger partial charge >= 0.3 is 0 Å². The zero-order valence-electron chi connectivity index (χ0n) is 22.1. The average Bonchev–Trinajstić information content (AvgIpc) is 3.35. The Labute approximate surface area is 216 Å². The van der Waals surface area contributed by atoms with Crippen molar-refractivity contribution in [3.63, 3.8) is 0 Å². The number of likely N-dealkylation sites (N-methyl/N-ethyl adjacent to an activating group) is 1. The molecule has 9 nitrogen and oxygen atoms in total. The van der Waals surface area contributed by atoms with Gasteiger partial charge in [-0.25, -0.2) is 0 Å². The molecule has 2 aliphatic rings. The summed E-state index contributed by atoms with van der Waals surface area (Å²) in [6.07, 6.45) is 5.81. The molecule has 0 spiro atoms. The Morgan fingerprint density at radius 2 is 1.76 bits per heavy atom. The first-order chi connectivity index (χ1) is 17.8. The number of morpholine rings is 1. The van der Waals surface area contributed by atoms with Gasteiger partial charge in [-0.05, 0) is 38.1 Å². The Morgan fingerprint density at radius 1 is 0.973 bits per heavy atom. The molecule has 2 aliphatic heterocycles. The van der Waals surface area contributed by atoms with Crippen LogP contribution in [0.4, 0.5) is 22.7 Å². The number of aromatic nitrogens is 4. The van der Waals surface area contributed by atoms with Crippen molar-refractivity contribution >= 4 is 33.7 Å². The Balaban J connectivity index is 1.56. The molecule has 1 atom stereocenters. The molecular weight excluding hydrogens is 466 g/mol. The van der Waals surface area contributed by atoms with Crippen molar-refractivity contribution in [2.45, 2.75) is 19.9 Å². The fourth-order valence-electron chi connectivity index (χ4n) is 5.50. The number of benzene rings is 1. The Hall–Kier alpha value is -3.85. The van der Waals surface area contributed by atoms with Crippen molar-refractivity contribution in [2.24, 2.45) is 14.1 Å². The molecule has 6 rings (SSSR count). The number of anilines is 4. The number of aryl methyl sites for hydroxylation is 3. The monoisotopic (exact) mass is 499 g/mol. The number of hydrogen-bond acceptors (Lipinski definition) is 7. The highest BCUT2D eigenvalue weighted by Gasteiger charge is 2.30. The minimum Gasteiger partial charge on any atom is -0.378 e. The molecule has 0 aliphatic carbocycles. The van der Waals surface area contributed by atoms with Gasteiger partial charge in [0.1, 0.15) is 0 Å². The molecule has 3 aromatic heterocycles. The SMILES string of the molecule is Cc1cc2c(N3CC(C)N(C)c4cc(-c5cnn(C)c5)ncc43)cc(N3CCOCC3)cc2n(C)c1=O. The predicted octanol–water partition coefficient (Wildman–Crippen LogP) is 3.46. The minimum atomic E-state index is 0.0347. The zero-order valence-corrected chi connectivity index (χ0v) is 22.1. The van der Waals surface area contributed by atoms with E-state index < -0.39 is 0 Å². The van der Waals surface area contributed by atoms with Crippen LogP contribution in [-0.4, -0.2) is 65.3 Å². The van der Waals surface area contributed by atoms with Crippen LogP contribution < -0.4 is 20.3 Å². The first-order valence-electron chi connectivity index (χ1n) is 12.8. The van der Waals surface area contributed by atoms with Crippen LogP contribution in [0.15, 0.2) is 47.7 Å². The molecule has 0 radical (unpaired) electrons. The summed E-state index contributed by atoms with van der Waals surface area (Å²) in [6, 6.07) is 8.89. The molecule has 4 aromatic rings. The van der Waals surface area contributed by atoms with E-state index in [1.165, 1.54) is 0 Å². The summed E-state index contributed by atoms with van der Waals surface area (Å²) in [5, 5.41) is 5.39. The lowest BCUT2D eigenvalue weighted by Gasteiger charge is -2.42. The molecule has 0 bridgehead atoms. The third-order valence-electron chi connectivity index (χ3n) is 7.79. The molecule has 9 heteroatoms. The molecular formula is C28H33N7O2. The standard InChI is InChI=1S/C28H33N7O2/c1-18-10-22-24(33(5)28(18)36)11-21(34-6-8-37-9-7-34)12-25(22)35-16-19(2)32(4)26-13-23(29-15-27(26)35)20-14-30-31(3)17-20/h10-15,17,19H,6-9,16H2,1-5H3. The number of ether oxygens (including phenoxy) is 1. The van der Waals surface area contributed by atoms with Gasteiger partial charge in [-0.15, -0.1) is 0 Å². The fourth-order valence-corrected chi connectivity index (χ4v) is 5.50. The van der Waals surface area contributed by atoms with Crippen LogP contribution in [0.3, 0.4) is 0 Å². The molecule has 0 amide bonds. The molecule has 1 aromatic carbocycles. The summed E-state index contributed by atoms with van der Waals surface area (Å²) in [5.74, 6) is 0. The van der Waals surface area contributed by atoms with Crippen LogP contribution in [0.1, 0.15) is 12.5 Å². The lowest BCUT2D eigenvalue weighted by Crippen LogP contribution is -2.44. The molecule has 37 heavy (non-hydrogen) atoms. The van der Waals surface area contributed by atoms with E-state index in [4.69, 9.17) is 9.72 Å². The van der Waals surface area contributed by atoms with Crippen molar-refractivity contribution in [3.05, 3.63) is 58.8 Å². The van der Waals surface area contributed by atoms with Gasteiger partial charge in [-0.2, -0.15) is 5.10 Å². The van der Waals surface area contributed by atoms with Crippen LogP contribution >= 0.6 is 0 Å². The normalized spacial score (nSPS) is 18.0. The van der Waals surface area contributed by atoms with Gasteiger partial charge in [-0.1, -0.05) is 0 Å². The van der Waals surface area contributed by atoms with Crippen LogP contribution in [-0.2, 0) is 18.8 Å². The van der Waals surface area contributed by atoms with Crippen LogP contribution in [0.2, 0.25) is 0 Å². The first kappa shape index (κ1) is 23.5. The summed E-state index contributed by atoms with van der Waals surface area (Å²) < 4.78 is 9.18. The average molecular weight is 500 g/mol. The van der Waals surface area contributed by atoms with Crippen LogP contribution in [0, 0.1) is 6.92 Å². The van der Waals surface area contributed by atoms with Gasteiger partial charge in [0.2, 0.25) is 0 Å². The van der Waals surface area contributed by atoms with E-state index in [0.717, 1.165) is 70.1 Å². The third-order valence-corrected chi connectivity index (χ3v) is 7.79. The van der Waals surface area contributed by atoms with E-state index in [1.807, 2.05) is 45.7 Å². The topological polar surface area (TPSA) is 71.7 Å². The van der Waals surface area contributed by atoms with Gasteiger partial charge < -0.3 is 24.0 Å². The van der Waals surface area contributed by atoms with Crippen molar-refractivity contribution in [2.75, 3.05) is 54.6 Å². The fraction of sp³-hybridized carbons (Fsp3) is 0.393. The van der Waals surface area contributed by atoms with E-state index >= 15 is 0 Å². The van der Waals surface area contributed by atoms with Gasteiger partial charge in [0.05, 0.1) is 53.9 Å². The highest BCUT2D eigenvalue weighted by atomic mass is 16.5. The van der Waals surface area contributed by atoms with Crippen molar-refractivity contribution in [1.29, 1.82) is 0 Å². The summed E-state index contributed by atoms with van der Waals surface area (Å²) in [7, 11) is 5.93. The van der Waals surface area contributed by atoms with Gasteiger partial charge in [0.15, 0.2) is 0 Å². The van der Waals surface area contributed by atoms with Gasteiger partial charge in [0.25, 0.3) is 5.56 Å². The Morgan fingerprint density at radius 3 is 2.49 bits per heavy atom. The van der Waals surface area contributed by atoms with E-state index in [9.17, 15) is 4.79 Å². The van der Waals surface area contributed by atoms with E-state index in [1.54, 1.807) is 9.25 Å². The van der Waals surface area contributed by atoms with Crippen molar-refractivity contribution < 1.29 is 4.74 Å². The van der Waals surface area contributed by atoms with E-state index in [2.05, 4.69) is 52.0 Å². The summed E-state index contributed by atoms with van der Waals surface area (Å²) in [4.78, 5) is 24.8. The number of rotatable bonds is 3. The van der Waals surface area contributed by atoms with Crippen molar-refractivity contribution in [3.8, 4) is 11.3 Å². The molecule has 0 saturated carbocycles. The number of nitrogens with zero attached hydrogens (tertiary/aromatic N) is 7. The maximum atomic E-state index is 12.9. The predicted molar refractivity (Wildman–Crippen MR) is 148 cm³/mol. The smallest absolute Gasteiger partial charge is 0.253 e. The van der Waals surface area contributed by atoms with Crippen LogP contribution in [0.25, 0.3) is 22.2 Å². The maximum Gasteiger partial charge on any atom is 0.253 e. The molecule has 1 unspecified atom stereocenters. The van der Waals surface area contributed by atoms with Gasteiger partial charge in [0, 0.05) is 75.2 Å². The van der Waals surface area contributed by atoms with Crippen molar-refractivity contribution in [1.82, 2.24) is 19.3 Å². The summed E-state index contributed by atoms with van der Waals surface area (Å²) >= 11 is 0. The lowest BCUT2D eigenvalue weighted by molar-refractivity contribution is 0.122. The number of fused-ring (bicyclic) bond motifs is 2. The molecule has 5 heterocycles. The lowest BCUT2D eigenvalue weighted by atomic mass is 10.0. The highest BCUT2D eigenvalue weighted by Crippen LogP contribution is 2.43. The Kier molecular flexibility index (Phi) is 5.67. The Bertz CT molecular complexity index is 1550. The molecule has 0 N–H and O–H groups in total. The molecule has 1 saturated heterocycles. The zero-order chi connectivity index (χ0) is 25.8. The van der Waals surface area contributed by atoms with E-state index in [0.29, 0.717) is 13.2 Å². The summed E-state index contributed by atoms with van der Waals surface area (Å²) in [6.45, 7) is 8.01. The first-order valence-corrected chi connectivity index (χ1v) is 12.8. The second-order valence-electron chi connectivity index (χ2n) is 10.2. The minimum absolute atomic E-state index is 0.0347. The second-order valence-corrected chi connectivity index (χ2v) is 10.2. The quantitative estimate of drug-likeness (QED) is 0.428. The largest absolute Gasteiger partial charge is 0.378 e. The van der Waals surface area contributed by atoms with E-state index in [-0.39, 0.29) is 11.6 Å². The number of hydrogen-bond donors (Lipinski definition) is 0. The van der Waals surface area contributed by atoms with Gasteiger partial charge in [-0.3, -0.25) is 14.5 Å². The third kappa shape index (κ3) is 3.94. The molecule has 192 valence electrons. The second kappa shape index (κ2) is 8.92. The highest BCUT2D eigenvalue weighted by molar-refractivity contribution is 5.99. The number of pyridine rings is 2. The maximum absolute atomic E-state index is 12.9. The molecule has 1 fully saturated rings. The van der Waals surface area contributed by atoms with Crippen LogP contribution in [0.5, 0.6) is 0 Å². The summed E-state index contributed by atoms with van der Waals surface area (Å²) in [5.41, 5.74) is 7.98.